The first-order chi connectivity index (χ1) is 6.75. The van der Waals surface area contributed by atoms with Gasteiger partial charge in [-0.2, -0.15) is 0 Å². The Hall–Kier alpha value is -0.880. The van der Waals surface area contributed by atoms with Gasteiger partial charge in [-0.3, -0.25) is 0 Å². The van der Waals surface area contributed by atoms with Gasteiger partial charge < -0.3 is 4.74 Å². The quantitative estimate of drug-likeness (QED) is 0.379. The van der Waals surface area contributed by atoms with Crippen molar-refractivity contribution in [2.45, 2.75) is 13.3 Å². The molecule has 0 heterocycles. The molecule has 0 aliphatic rings. The maximum atomic E-state index is 11.0. The standard InChI is InChI=1S/C9H17NO4S/c1-8(2)9(11)14-7-5-6-10(3)15(4,12)13/h1,5-7H2,2-4H3. The molecule has 0 aliphatic carbocycles. The van der Waals surface area contributed by atoms with E-state index >= 15 is 0 Å². The van der Waals surface area contributed by atoms with Crippen molar-refractivity contribution in [3.8, 4) is 0 Å². The van der Waals surface area contributed by atoms with Crippen LogP contribution in [0.4, 0.5) is 0 Å². The van der Waals surface area contributed by atoms with Crippen LogP contribution in [0.5, 0.6) is 0 Å². The molecule has 0 atom stereocenters. The van der Waals surface area contributed by atoms with Gasteiger partial charge in [-0.05, 0) is 13.3 Å². The number of carbonyl (C=O) groups is 1. The lowest BCUT2D eigenvalue weighted by atomic mass is 10.3. The highest BCUT2D eigenvalue weighted by Crippen LogP contribution is 1.97. The summed E-state index contributed by atoms with van der Waals surface area (Å²) in [5.74, 6) is -0.447. The Bertz CT molecular complexity index is 334. The van der Waals surface area contributed by atoms with Crippen molar-refractivity contribution < 1.29 is 17.9 Å². The van der Waals surface area contributed by atoms with Gasteiger partial charge in [0.25, 0.3) is 0 Å². The smallest absolute Gasteiger partial charge is 0.333 e. The molecule has 0 bridgehead atoms. The predicted octanol–water partition coefficient (Wildman–Crippen LogP) is 0.387. The van der Waals surface area contributed by atoms with Crippen molar-refractivity contribution in [1.82, 2.24) is 4.31 Å². The summed E-state index contributed by atoms with van der Waals surface area (Å²) in [6, 6.07) is 0. The largest absolute Gasteiger partial charge is 0.462 e. The van der Waals surface area contributed by atoms with E-state index in [0.29, 0.717) is 18.5 Å². The molecular weight excluding hydrogens is 218 g/mol. The normalized spacial score (nSPS) is 11.5. The summed E-state index contributed by atoms with van der Waals surface area (Å²) in [6.45, 7) is 5.52. The van der Waals surface area contributed by atoms with Crippen molar-refractivity contribution in [2.24, 2.45) is 0 Å². The summed E-state index contributed by atoms with van der Waals surface area (Å²) in [5, 5.41) is 0. The first-order valence-electron chi connectivity index (χ1n) is 4.49. The molecule has 0 fully saturated rings. The van der Waals surface area contributed by atoms with E-state index in [1.165, 1.54) is 11.4 Å². The van der Waals surface area contributed by atoms with Crippen LogP contribution in [0.1, 0.15) is 13.3 Å². The molecule has 6 heteroatoms. The predicted molar refractivity (Wildman–Crippen MR) is 57.9 cm³/mol. The molecule has 15 heavy (non-hydrogen) atoms. The lowest BCUT2D eigenvalue weighted by Crippen LogP contribution is -2.27. The van der Waals surface area contributed by atoms with Crippen LogP contribution in [0.25, 0.3) is 0 Å². The minimum atomic E-state index is -3.14. The van der Waals surface area contributed by atoms with E-state index in [4.69, 9.17) is 4.74 Å². The van der Waals surface area contributed by atoms with E-state index in [9.17, 15) is 13.2 Å². The van der Waals surface area contributed by atoms with Crippen molar-refractivity contribution in [3.05, 3.63) is 12.2 Å². The SMILES string of the molecule is C=C(C)C(=O)OCCCN(C)S(C)(=O)=O. The molecule has 88 valence electrons. The fourth-order valence-corrected chi connectivity index (χ4v) is 1.20. The van der Waals surface area contributed by atoms with Gasteiger partial charge in [-0.1, -0.05) is 6.58 Å². The Labute approximate surface area is 90.8 Å². The zero-order chi connectivity index (χ0) is 12.1. The first-order valence-corrected chi connectivity index (χ1v) is 6.34. The Morgan fingerprint density at radius 1 is 1.47 bits per heavy atom. The fraction of sp³-hybridized carbons (Fsp3) is 0.667. The Morgan fingerprint density at radius 3 is 2.40 bits per heavy atom. The molecule has 0 unspecified atom stereocenters. The number of nitrogens with zero attached hydrogens (tertiary/aromatic N) is 1. The van der Waals surface area contributed by atoms with Crippen molar-refractivity contribution in [3.63, 3.8) is 0 Å². The Morgan fingerprint density at radius 2 is 2.00 bits per heavy atom. The minimum Gasteiger partial charge on any atom is -0.462 e. The lowest BCUT2D eigenvalue weighted by molar-refractivity contribution is -0.139. The second kappa shape index (κ2) is 5.87. The van der Waals surface area contributed by atoms with Crippen LogP contribution in [0.15, 0.2) is 12.2 Å². The second-order valence-corrected chi connectivity index (χ2v) is 5.44. The van der Waals surface area contributed by atoms with Gasteiger partial charge in [-0.15, -0.1) is 0 Å². The van der Waals surface area contributed by atoms with Gasteiger partial charge in [0, 0.05) is 19.2 Å². The Balaban J connectivity index is 3.74. The number of hydrogen-bond donors (Lipinski definition) is 0. The molecule has 0 amide bonds. The highest BCUT2D eigenvalue weighted by molar-refractivity contribution is 7.88. The van der Waals surface area contributed by atoms with Gasteiger partial charge in [0.1, 0.15) is 0 Å². The third-order valence-electron chi connectivity index (χ3n) is 1.77. The van der Waals surface area contributed by atoms with E-state index in [1.807, 2.05) is 0 Å². The average molecular weight is 235 g/mol. The maximum Gasteiger partial charge on any atom is 0.333 e. The number of hydrogen-bond acceptors (Lipinski definition) is 4. The molecule has 0 saturated carbocycles. The number of sulfonamides is 1. The molecule has 0 N–H and O–H groups in total. The number of carbonyl (C=O) groups excluding carboxylic acids is 1. The summed E-state index contributed by atoms with van der Waals surface area (Å²) in [4.78, 5) is 10.9. The van der Waals surface area contributed by atoms with Crippen LogP contribution in [-0.2, 0) is 19.6 Å². The third kappa shape index (κ3) is 6.24. The molecule has 0 spiro atoms. The maximum absolute atomic E-state index is 11.0. The van der Waals surface area contributed by atoms with Gasteiger partial charge in [0.2, 0.25) is 10.0 Å². The molecule has 0 aliphatic heterocycles. The molecule has 5 nitrogen and oxygen atoms in total. The lowest BCUT2D eigenvalue weighted by Gasteiger charge is -2.13. The average Bonchev–Trinajstić information content (AvgIpc) is 2.09. The first kappa shape index (κ1) is 14.1. The number of rotatable bonds is 6. The van der Waals surface area contributed by atoms with Crippen LogP contribution in [-0.4, -0.2) is 45.1 Å². The van der Waals surface area contributed by atoms with E-state index in [1.54, 1.807) is 6.92 Å². The van der Waals surface area contributed by atoms with E-state index in [0.717, 1.165) is 6.26 Å². The highest BCUT2D eigenvalue weighted by atomic mass is 32.2. The zero-order valence-corrected chi connectivity index (χ0v) is 10.1. The fourth-order valence-electron chi connectivity index (χ4n) is 0.741. The van der Waals surface area contributed by atoms with Crippen LogP contribution < -0.4 is 0 Å². The number of esters is 1. The molecule has 0 aromatic heterocycles. The minimum absolute atomic E-state index is 0.200. The molecule has 0 aromatic rings. The molecule has 0 aromatic carbocycles. The van der Waals surface area contributed by atoms with Crippen molar-refractivity contribution in [1.29, 1.82) is 0 Å². The van der Waals surface area contributed by atoms with Crippen LogP contribution >= 0.6 is 0 Å². The van der Waals surface area contributed by atoms with Gasteiger partial charge >= 0.3 is 5.97 Å². The van der Waals surface area contributed by atoms with Crippen molar-refractivity contribution >= 4 is 16.0 Å². The van der Waals surface area contributed by atoms with E-state index < -0.39 is 16.0 Å². The zero-order valence-electron chi connectivity index (χ0n) is 9.32. The summed E-state index contributed by atoms with van der Waals surface area (Å²) in [5.41, 5.74) is 0.339. The van der Waals surface area contributed by atoms with Gasteiger partial charge in [0.15, 0.2) is 0 Å². The third-order valence-corrected chi connectivity index (χ3v) is 3.08. The van der Waals surface area contributed by atoms with Crippen LogP contribution in [0.2, 0.25) is 0 Å². The van der Waals surface area contributed by atoms with Crippen molar-refractivity contribution in [2.75, 3.05) is 26.5 Å². The van der Waals surface area contributed by atoms with Crippen LogP contribution in [0.3, 0.4) is 0 Å². The second-order valence-electron chi connectivity index (χ2n) is 3.35. The molecule has 0 saturated heterocycles. The van der Waals surface area contributed by atoms with E-state index in [-0.39, 0.29) is 6.61 Å². The summed E-state index contributed by atoms with van der Waals surface area (Å²) in [6.07, 6.45) is 1.61. The highest BCUT2D eigenvalue weighted by Gasteiger charge is 2.10. The van der Waals surface area contributed by atoms with E-state index in [2.05, 4.69) is 6.58 Å². The van der Waals surface area contributed by atoms with Gasteiger partial charge in [0.05, 0.1) is 12.9 Å². The number of ether oxygens (including phenoxy) is 1. The summed E-state index contributed by atoms with van der Waals surface area (Å²) < 4.78 is 28.0. The monoisotopic (exact) mass is 235 g/mol. The molecule has 0 rings (SSSR count). The summed E-state index contributed by atoms with van der Waals surface area (Å²) in [7, 11) is -1.66. The Kier molecular flexibility index (Phi) is 5.53. The molecule has 0 radical (unpaired) electrons. The summed E-state index contributed by atoms with van der Waals surface area (Å²) >= 11 is 0. The topological polar surface area (TPSA) is 63.7 Å². The van der Waals surface area contributed by atoms with Gasteiger partial charge in [-0.25, -0.2) is 17.5 Å². The molecular formula is C9H17NO4S. The van der Waals surface area contributed by atoms with Crippen LogP contribution in [0, 0.1) is 0 Å².